The summed E-state index contributed by atoms with van der Waals surface area (Å²) in [5, 5.41) is 11.8. The number of carbonyl (C=O) groups is 2. The van der Waals surface area contributed by atoms with Crippen LogP contribution < -0.4 is 10.2 Å². The van der Waals surface area contributed by atoms with Gasteiger partial charge in [0.1, 0.15) is 0 Å². The Hall–Kier alpha value is -3.07. The topological polar surface area (TPSA) is 72.9 Å². The Morgan fingerprint density at radius 3 is 2.21 bits per heavy atom. The average Bonchev–Trinajstić information content (AvgIpc) is 2.68. The number of rotatable bonds is 4. The van der Waals surface area contributed by atoms with Crippen LogP contribution in [0, 0.1) is 0 Å². The molecule has 1 amide bonds. The molecule has 1 saturated heterocycles. The fourth-order valence-corrected chi connectivity index (χ4v) is 3.19. The van der Waals surface area contributed by atoms with Crippen LogP contribution in [0.5, 0.6) is 0 Å². The highest BCUT2D eigenvalue weighted by molar-refractivity contribution is 6.11. The van der Waals surface area contributed by atoms with Gasteiger partial charge in [0.15, 0.2) is 0 Å². The van der Waals surface area contributed by atoms with Crippen LogP contribution in [0.25, 0.3) is 0 Å². The predicted octanol–water partition coefficient (Wildman–Crippen LogP) is 3.41. The highest BCUT2D eigenvalue weighted by atomic mass is 19.4. The van der Waals surface area contributed by atoms with E-state index in [2.05, 4.69) is 10.2 Å². The van der Waals surface area contributed by atoms with Gasteiger partial charge in [-0.1, -0.05) is 12.1 Å². The molecule has 0 radical (unpaired) electrons. The molecule has 0 atom stereocenters. The molecule has 9 heteroatoms. The van der Waals surface area contributed by atoms with Gasteiger partial charge in [0.05, 0.1) is 28.1 Å². The van der Waals surface area contributed by atoms with Gasteiger partial charge in [-0.15, -0.1) is 0 Å². The summed E-state index contributed by atoms with van der Waals surface area (Å²) >= 11 is 0. The van der Waals surface area contributed by atoms with Crippen LogP contribution in [0.3, 0.4) is 0 Å². The molecular formula is C20H20F3N3O3. The van der Waals surface area contributed by atoms with E-state index in [4.69, 9.17) is 0 Å². The third-order valence-corrected chi connectivity index (χ3v) is 4.82. The third-order valence-electron chi connectivity index (χ3n) is 4.82. The highest BCUT2D eigenvalue weighted by Gasteiger charge is 2.32. The average molecular weight is 407 g/mol. The number of halogens is 3. The third kappa shape index (κ3) is 4.68. The lowest BCUT2D eigenvalue weighted by molar-refractivity contribution is -0.137. The van der Waals surface area contributed by atoms with Gasteiger partial charge < -0.3 is 20.2 Å². The lowest BCUT2D eigenvalue weighted by Gasteiger charge is -2.35. The van der Waals surface area contributed by atoms with Crippen LogP contribution in [-0.4, -0.2) is 55.1 Å². The molecule has 29 heavy (non-hydrogen) atoms. The number of alkyl halides is 3. The molecule has 3 rings (SSSR count). The number of amides is 1. The molecule has 2 aromatic rings. The summed E-state index contributed by atoms with van der Waals surface area (Å²) < 4.78 is 39.6. The Morgan fingerprint density at radius 2 is 1.62 bits per heavy atom. The number of likely N-dealkylation sites (N-methyl/N-ethyl adjacent to an activating group) is 1. The predicted molar refractivity (Wildman–Crippen MR) is 103 cm³/mol. The van der Waals surface area contributed by atoms with Gasteiger partial charge in [0.25, 0.3) is 5.91 Å². The standard InChI is InChI=1S/C20H20F3N3O3/c1-25-8-10-26(11-9-25)17-7-6-13(20(21,22)23)12-16(17)24-18(27)14-4-2-3-5-15(14)19(28)29/h2-7,12H,8-11H2,1H3,(H,24,27)(H,28,29). The Balaban J connectivity index is 1.97. The van der Waals surface area contributed by atoms with Crippen LogP contribution in [0.4, 0.5) is 24.5 Å². The summed E-state index contributed by atoms with van der Waals surface area (Å²) in [7, 11) is 1.95. The van der Waals surface area contributed by atoms with Crippen molar-refractivity contribution in [1.82, 2.24) is 4.90 Å². The molecule has 2 aromatic carbocycles. The van der Waals surface area contributed by atoms with E-state index in [-0.39, 0.29) is 16.8 Å². The minimum atomic E-state index is -4.57. The van der Waals surface area contributed by atoms with Gasteiger partial charge >= 0.3 is 12.1 Å². The number of carboxylic acids is 1. The van der Waals surface area contributed by atoms with E-state index in [1.807, 2.05) is 11.9 Å². The molecule has 6 nitrogen and oxygen atoms in total. The zero-order valence-electron chi connectivity index (χ0n) is 15.7. The van der Waals surface area contributed by atoms with Gasteiger partial charge in [-0.25, -0.2) is 4.79 Å². The first-order valence-electron chi connectivity index (χ1n) is 8.95. The number of nitrogens with one attached hydrogen (secondary N) is 1. The number of anilines is 2. The van der Waals surface area contributed by atoms with E-state index in [0.29, 0.717) is 18.8 Å². The van der Waals surface area contributed by atoms with Crippen molar-refractivity contribution >= 4 is 23.3 Å². The molecule has 0 saturated carbocycles. The molecule has 0 spiro atoms. The monoisotopic (exact) mass is 407 g/mol. The minimum Gasteiger partial charge on any atom is -0.478 e. The van der Waals surface area contributed by atoms with E-state index in [9.17, 15) is 27.9 Å². The molecule has 154 valence electrons. The first-order chi connectivity index (χ1) is 13.7. The van der Waals surface area contributed by atoms with E-state index in [1.165, 1.54) is 30.3 Å². The summed E-state index contributed by atoms with van der Waals surface area (Å²) in [4.78, 5) is 28.1. The second-order valence-corrected chi connectivity index (χ2v) is 6.82. The Morgan fingerprint density at radius 1 is 1.00 bits per heavy atom. The van der Waals surface area contributed by atoms with E-state index in [0.717, 1.165) is 25.2 Å². The van der Waals surface area contributed by atoms with Crippen molar-refractivity contribution in [3.05, 3.63) is 59.2 Å². The van der Waals surface area contributed by atoms with Crippen LogP contribution >= 0.6 is 0 Å². The number of piperazine rings is 1. The summed E-state index contributed by atoms with van der Waals surface area (Å²) in [6, 6.07) is 8.76. The molecule has 1 aliphatic rings. The Bertz CT molecular complexity index is 923. The van der Waals surface area contributed by atoms with Gasteiger partial charge in [-0.2, -0.15) is 13.2 Å². The zero-order valence-corrected chi connectivity index (χ0v) is 15.7. The molecular weight excluding hydrogens is 387 g/mol. The van der Waals surface area contributed by atoms with Gasteiger partial charge in [0, 0.05) is 26.2 Å². The molecule has 1 heterocycles. The molecule has 0 unspecified atom stereocenters. The van der Waals surface area contributed by atoms with Crippen molar-refractivity contribution in [2.45, 2.75) is 6.18 Å². The fourth-order valence-electron chi connectivity index (χ4n) is 3.19. The van der Waals surface area contributed by atoms with E-state index in [1.54, 1.807) is 0 Å². The van der Waals surface area contributed by atoms with Crippen molar-refractivity contribution in [2.75, 3.05) is 43.4 Å². The second kappa shape index (κ2) is 8.12. The molecule has 0 aliphatic carbocycles. The number of benzene rings is 2. The highest BCUT2D eigenvalue weighted by Crippen LogP contribution is 2.36. The molecule has 2 N–H and O–H groups in total. The van der Waals surface area contributed by atoms with Crippen LogP contribution in [0.2, 0.25) is 0 Å². The fraction of sp³-hybridized carbons (Fsp3) is 0.300. The van der Waals surface area contributed by atoms with Crippen molar-refractivity contribution < 1.29 is 27.9 Å². The number of hydrogen-bond acceptors (Lipinski definition) is 4. The van der Waals surface area contributed by atoms with E-state index < -0.39 is 23.6 Å². The quantitative estimate of drug-likeness (QED) is 0.813. The minimum absolute atomic E-state index is 0.00503. The lowest BCUT2D eigenvalue weighted by atomic mass is 10.1. The summed E-state index contributed by atoms with van der Waals surface area (Å²) in [5.74, 6) is -2.07. The lowest BCUT2D eigenvalue weighted by Crippen LogP contribution is -2.44. The van der Waals surface area contributed by atoms with Crippen LogP contribution in [0.15, 0.2) is 42.5 Å². The SMILES string of the molecule is CN1CCN(c2ccc(C(F)(F)F)cc2NC(=O)c2ccccc2C(=O)O)CC1. The Kier molecular flexibility index (Phi) is 5.78. The van der Waals surface area contributed by atoms with Crippen LogP contribution in [0.1, 0.15) is 26.3 Å². The van der Waals surface area contributed by atoms with Crippen molar-refractivity contribution in [3.8, 4) is 0 Å². The van der Waals surface area contributed by atoms with Crippen molar-refractivity contribution in [2.24, 2.45) is 0 Å². The molecule has 0 bridgehead atoms. The smallest absolute Gasteiger partial charge is 0.416 e. The van der Waals surface area contributed by atoms with Crippen molar-refractivity contribution in [1.29, 1.82) is 0 Å². The van der Waals surface area contributed by atoms with Gasteiger partial charge in [0.2, 0.25) is 0 Å². The maximum Gasteiger partial charge on any atom is 0.416 e. The Labute approximate surface area is 165 Å². The number of aromatic carboxylic acids is 1. The first kappa shape index (κ1) is 20.7. The number of carboxylic acid groups (broad SMARTS) is 1. The molecule has 1 fully saturated rings. The second-order valence-electron chi connectivity index (χ2n) is 6.82. The van der Waals surface area contributed by atoms with Crippen molar-refractivity contribution in [3.63, 3.8) is 0 Å². The van der Waals surface area contributed by atoms with Crippen LogP contribution in [-0.2, 0) is 6.18 Å². The summed E-state index contributed by atoms with van der Waals surface area (Å²) in [5.41, 5.74) is -0.779. The first-order valence-corrected chi connectivity index (χ1v) is 8.95. The molecule has 1 aliphatic heterocycles. The largest absolute Gasteiger partial charge is 0.478 e. The van der Waals surface area contributed by atoms with Gasteiger partial charge in [-0.3, -0.25) is 4.79 Å². The number of hydrogen-bond donors (Lipinski definition) is 2. The zero-order chi connectivity index (χ0) is 21.2. The maximum atomic E-state index is 13.2. The maximum absolute atomic E-state index is 13.2. The van der Waals surface area contributed by atoms with Gasteiger partial charge in [-0.05, 0) is 37.4 Å². The van der Waals surface area contributed by atoms with E-state index >= 15 is 0 Å². The summed E-state index contributed by atoms with van der Waals surface area (Å²) in [6.45, 7) is 2.65. The number of nitrogens with zero attached hydrogens (tertiary/aromatic N) is 2. The number of carbonyl (C=O) groups excluding carboxylic acids is 1. The summed E-state index contributed by atoms with van der Waals surface area (Å²) in [6.07, 6.45) is -4.57. The normalized spacial score (nSPS) is 15.2. The molecule has 0 aromatic heterocycles.